The minimum Gasteiger partial charge on any atom is -0.363 e. The summed E-state index contributed by atoms with van der Waals surface area (Å²) >= 11 is 1.39. The van der Waals surface area contributed by atoms with E-state index in [-0.39, 0.29) is 5.57 Å². The normalized spacial score (nSPS) is 8.94. The van der Waals surface area contributed by atoms with Crippen molar-refractivity contribution in [3.8, 4) is 12.1 Å². The molecule has 0 radical (unpaired) electrons. The molecule has 0 aliphatic carbocycles. The Hall–Kier alpha value is -1.98. The van der Waals surface area contributed by atoms with Crippen LogP contribution in [0.3, 0.4) is 0 Å². The summed E-state index contributed by atoms with van der Waals surface area (Å²) < 4.78 is 0. The number of allylic oxidation sites excluding steroid dienone is 1. The van der Waals surface area contributed by atoms with Crippen molar-refractivity contribution < 1.29 is 0 Å². The first-order chi connectivity index (χ1) is 8.22. The van der Waals surface area contributed by atoms with Crippen molar-refractivity contribution in [3.63, 3.8) is 0 Å². The topological polar surface area (TPSA) is 63.7 Å². The molecule has 0 unspecified atom stereocenters. The molecule has 0 spiro atoms. The average Bonchev–Trinajstić information content (AvgIpc) is 2.36. The smallest absolute Gasteiger partial charge is 0.159 e. The van der Waals surface area contributed by atoms with Crippen molar-refractivity contribution >= 4 is 11.8 Å². The van der Waals surface area contributed by atoms with Crippen LogP contribution in [-0.2, 0) is 6.54 Å². The van der Waals surface area contributed by atoms with Crippen molar-refractivity contribution in [1.29, 1.82) is 10.5 Å². The predicted octanol–water partition coefficient (Wildman–Crippen LogP) is 2.14. The highest BCUT2D eigenvalue weighted by atomic mass is 32.2. The molecule has 0 atom stereocenters. The van der Waals surface area contributed by atoms with E-state index in [0.29, 0.717) is 11.6 Å². The van der Waals surface area contributed by atoms with E-state index in [4.69, 9.17) is 10.5 Å². The maximum atomic E-state index is 8.86. The lowest BCUT2D eigenvalue weighted by Gasteiger charge is -2.20. The Morgan fingerprint density at radius 2 is 2.18 bits per heavy atom. The van der Waals surface area contributed by atoms with Crippen LogP contribution in [0.2, 0.25) is 0 Å². The number of rotatable bonds is 4. The van der Waals surface area contributed by atoms with E-state index in [9.17, 15) is 0 Å². The molecule has 0 aliphatic rings. The van der Waals surface area contributed by atoms with Crippen molar-refractivity contribution in [1.82, 2.24) is 9.88 Å². The first-order valence-electron chi connectivity index (χ1n) is 4.91. The van der Waals surface area contributed by atoms with Gasteiger partial charge in [-0.25, -0.2) is 0 Å². The molecule has 1 aromatic rings. The van der Waals surface area contributed by atoms with Gasteiger partial charge >= 0.3 is 0 Å². The molecule has 0 bridgehead atoms. The Balaban J connectivity index is 2.90. The molecule has 4 nitrogen and oxygen atoms in total. The van der Waals surface area contributed by atoms with E-state index in [1.807, 2.05) is 42.5 Å². The third-order valence-electron chi connectivity index (χ3n) is 2.12. The molecule has 0 saturated heterocycles. The van der Waals surface area contributed by atoms with Crippen LogP contribution in [0.25, 0.3) is 0 Å². The van der Waals surface area contributed by atoms with Crippen LogP contribution < -0.4 is 0 Å². The zero-order valence-corrected chi connectivity index (χ0v) is 10.5. The molecular weight excluding hydrogens is 232 g/mol. The molecule has 0 aromatic carbocycles. The zero-order valence-electron chi connectivity index (χ0n) is 9.71. The Labute approximate surface area is 105 Å². The second-order valence-electron chi connectivity index (χ2n) is 3.33. The van der Waals surface area contributed by atoms with Gasteiger partial charge in [0.15, 0.2) is 5.57 Å². The molecule has 5 heteroatoms. The highest BCUT2D eigenvalue weighted by molar-refractivity contribution is 8.02. The first-order valence-corrected chi connectivity index (χ1v) is 6.14. The van der Waals surface area contributed by atoms with Gasteiger partial charge in [-0.1, -0.05) is 6.07 Å². The maximum Gasteiger partial charge on any atom is 0.159 e. The summed E-state index contributed by atoms with van der Waals surface area (Å²) in [6.07, 6.45) is 5.33. The number of hydrogen-bond acceptors (Lipinski definition) is 5. The van der Waals surface area contributed by atoms with E-state index in [1.165, 1.54) is 11.8 Å². The largest absolute Gasteiger partial charge is 0.363 e. The van der Waals surface area contributed by atoms with Gasteiger partial charge in [0.05, 0.1) is 5.03 Å². The maximum absolute atomic E-state index is 8.86. The molecule has 17 heavy (non-hydrogen) atoms. The Kier molecular flexibility index (Phi) is 5.06. The van der Waals surface area contributed by atoms with Gasteiger partial charge in [0.25, 0.3) is 0 Å². The Bertz CT molecular complexity index is 465. The summed E-state index contributed by atoms with van der Waals surface area (Å²) in [5.74, 6) is 0. The number of hydrogen-bond donors (Lipinski definition) is 0. The van der Waals surface area contributed by atoms with Crippen molar-refractivity contribution in [3.05, 3.63) is 40.7 Å². The lowest BCUT2D eigenvalue weighted by atomic mass is 10.2. The fourth-order valence-electron chi connectivity index (χ4n) is 1.41. The van der Waals surface area contributed by atoms with Gasteiger partial charge in [0, 0.05) is 26.0 Å². The van der Waals surface area contributed by atoms with Gasteiger partial charge in [-0.2, -0.15) is 10.5 Å². The Morgan fingerprint density at radius 1 is 1.47 bits per heavy atom. The molecular formula is C12H12N4S. The summed E-state index contributed by atoms with van der Waals surface area (Å²) in [6, 6.07) is 7.64. The lowest BCUT2D eigenvalue weighted by molar-refractivity contribution is 0.438. The summed E-state index contributed by atoms with van der Waals surface area (Å²) in [5, 5.41) is 18.4. The fourth-order valence-corrected chi connectivity index (χ4v) is 2.08. The molecule has 1 aromatic heterocycles. The number of aromatic nitrogens is 1. The second-order valence-corrected chi connectivity index (χ2v) is 4.12. The predicted molar refractivity (Wildman–Crippen MR) is 67.5 cm³/mol. The van der Waals surface area contributed by atoms with Gasteiger partial charge in [-0.15, -0.1) is 11.8 Å². The first kappa shape index (κ1) is 13.1. The minimum atomic E-state index is 0.142. The summed E-state index contributed by atoms with van der Waals surface area (Å²) in [6.45, 7) is 0.622. The SMILES string of the molecule is CSC(=C(C#N)C#N)N(C)Cc1cccnc1. The molecule has 0 N–H and O–H groups in total. The van der Waals surface area contributed by atoms with E-state index < -0.39 is 0 Å². The van der Waals surface area contributed by atoms with E-state index in [0.717, 1.165) is 5.56 Å². The van der Waals surface area contributed by atoms with Crippen molar-refractivity contribution in [2.45, 2.75) is 6.54 Å². The third-order valence-corrected chi connectivity index (χ3v) is 3.02. The van der Waals surface area contributed by atoms with Gasteiger partial charge in [-0.3, -0.25) is 4.98 Å². The lowest BCUT2D eigenvalue weighted by Crippen LogP contribution is -2.16. The van der Waals surface area contributed by atoms with Crippen LogP contribution in [0.5, 0.6) is 0 Å². The van der Waals surface area contributed by atoms with Crippen LogP contribution in [0.4, 0.5) is 0 Å². The van der Waals surface area contributed by atoms with E-state index in [2.05, 4.69) is 4.98 Å². The number of nitrogens with zero attached hydrogens (tertiary/aromatic N) is 4. The van der Waals surface area contributed by atoms with Gasteiger partial charge < -0.3 is 4.90 Å². The van der Waals surface area contributed by atoms with E-state index >= 15 is 0 Å². The molecule has 0 aliphatic heterocycles. The van der Waals surface area contributed by atoms with Crippen molar-refractivity contribution in [2.24, 2.45) is 0 Å². The van der Waals surface area contributed by atoms with Crippen LogP contribution in [0, 0.1) is 22.7 Å². The van der Waals surface area contributed by atoms with Crippen LogP contribution in [0.15, 0.2) is 35.1 Å². The summed E-state index contributed by atoms with van der Waals surface area (Å²) in [4.78, 5) is 5.91. The average molecular weight is 244 g/mol. The highest BCUT2D eigenvalue weighted by Gasteiger charge is 2.10. The molecule has 0 saturated carbocycles. The van der Waals surface area contributed by atoms with Gasteiger partial charge in [0.2, 0.25) is 0 Å². The van der Waals surface area contributed by atoms with Crippen LogP contribution in [-0.4, -0.2) is 23.2 Å². The zero-order chi connectivity index (χ0) is 12.7. The Morgan fingerprint density at radius 3 is 2.65 bits per heavy atom. The number of pyridine rings is 1. The van der Waals surface area contributed by atoms with Gasteiger partial charge in [0.1, 0.15) is 12.1 Å². The highest BCUT2D eigenvalue weighted by Crippen LogP contribution is 2.21. The summed E-state index contributed by atoms with van der Waals surface area (Å²) in [5.41, 5.74) is 1.18. The van der Waals surface area contributed by atoms with Crippen molar-refractivity contribution in [2.75, 3.05) is 13.3 Å². The summed E-state index contributed by atoms with van der Waals surface area (Å²) in [7, 11) is 1.85. The van der Waals surface area contributed by atoms with Gasteiger partial charge in [-0.05, 0) is 17.9 Å². The number of thioether (sulfide) groups is 1. The molecule has 1 heterocycles. The van der Waals surface area contributed by atoms with Crippen LogP contribution in [0.1, 0.15) is 5.56 Å². The minimum absolute atomic E-state index is 0.142. The fraction of sp³-hybridized carbons (Fsp3) is 0.250. The quantitative estimate of drug-likeness (QED) is 0.759. The van der Waals surface area contributed by atoms with Crippen LogP contribution >= 0.6 is 11.8 Å². The molecule has 86 valence electrons. The molecule has 1 rings (SSSR count). The van der Waals surface area contributed by atoms with E-state index in [1.54, 1.807) is 12.4 Å². The second kappa shape index (κ2) is 6.57. The number of nitriles is 2. The standard InChI is InChI=1S/C12H12N4S/c1-16(9-10-4-3-5-15-8-10)12(17-2)11(6-13)7-14/h3-5,8H,9H2,1-2H3. The third kappa shape index (κ3) is 3.51. The monoisotopic (exact) mass is 244 g/mol. The molecule has 0 amide bonds. The molecule has 0 fully saturated rings.